The van der Waals surface area contributed by atoms with E-state index in [-0.39, 0.29) is 5.60 Å². The van der Waals surface area contributed by atoms with Crippen LogP contribution in [0, 0.1) is 0 Å². The van der Waals surface area contributed by atoms with E-state index < -0.39 is 0 Å². The first-order valence-corrected chi connectivity index (χ1v) is 3.38. The molecule has 0 saturated carbocycles. The maximum Gasteiger partial charge on any atom is 0.181 e. The molecule has 0 rings (SSSR count). The molecule has 60 valence electrons. The highest BCUT2D eigenvalue weighted by molar-refractivity contribution is 4.81. The molecule has 10 heavy (non-hydrogen) atoms. The van der Waals surface area contributed by atoms with E-state index in [4.69, 9.17) is 4.74 Å². The van der Waals surface area contributed by atoms with Crippen LogP contribution in [-0.2, 0) is 4.74 Å². The van der Waals surface area contributed by atoms with E-state index in [2.05, 4.69) is 6.58 Å². The van der Waals surface area contributed by atoms with Crippen LogP contribution in [-0.4, -0.2) is 24.6 Å². The van der Waals surface area contributed by atoms with Crippen LogP contribution < -0.4 is 0 Å². The van der Waals surface area contributed by atoms with E-state index in [0.29, 0.717) is 5.88 Å². The summed E-state index contributed by atoms with van der Waals surface area (Å²) >= 11 is 0. The van der Waals surface area contributed by atoms with Crippen LogP contribution in [0.15, 0.2) is 12.5 Å². The molecule has 0 heterocycles. The van der Waals surface area contributed by atoms with Crippen molar-refractivity contribution in [3.63, 3.8) is 0 Å². The maximum atomic E-state index is 5.43. The fourth-order valence-electron chi connectivity index (χ4n) is 0.445. The topological polar surface area (TPSA) is 12.5 Å². The molecule has 0 aromatic carbocycles. The van der Waals surface area contributed by atoms with Gasteiger partial charge in [0.05, 0.1) is 0 Å². The number of ether oxygens (including phenoxy) is 1. The van der Waals surface area contributed by atoms with Gasteiger partial charge in [-0.2, -0.15) is 0 Å². The van der Waals surface area contributed by atoms with Crippen LogP contribution in [0.2, 0.25) is 0 Å². The monoisotopic (exact) mass is 143 g/mol. The molecule has 0 aliphatic rings. The van der Waals surface area contributed by atoms with Gasteiger partial charge in [0.2, 0.25) is 0 Å². The standard InChI is InChI=1S/C8H17NO/c1-7(9(5)6)10-8(2,3)4/h1H2,2-6H3. The van der Waals surface area contributed by atoms with E-state index >= 15 is 0 Å². The summed E-state index contributed by atoms with van der Waals surface area (Å²) in [5, 5.41) is 0. The van der Waals surface area contributed by atoms with Gasteiger partial charge in [0.15, 0.2) is 5.88 Å². The van der Waals surface area contributed by atoms with E-state index in [1.165, 1.54) is 0 Å². The minimum absolute atomic E-state index is 0.138. The highest BCUT2D eigenvalue weighted by Gasteiger charge is 2.12. The van der Waals surface area contributed by atoms with Gasteiger partial charge < -0.3 is 9.64 Å². The first-order chi connectivity index (χ1) is 4.33. The summed E-state index contributed by atoms with van der Waals surface area (Å²) in [6.45, 7) is 9.75. The van der Waals surface area contributed by atoms with Gasteiger partial charge in [0, 0.05) is 14.1 Å². The summed E-state index contributed by atoms with van der Waals surface area (Å²) in [5.41, 5.74) is -0.138. The second-order valence-corrected chi connectivity index (χ2v) is 3.50. The van der Waals surface area contributed by atoms with Gasteiger partial charge in [-0.1, -0.05) is 0 Å². The molecule has 0 radical (unpaired) electrons. The van der Waals surface area contributed by atoms with Crippen molar-refractivity contribution < 1.29 is 4.74 Å². The van der Waals surface area contributed by atoms with Crippen molar-refractivity contribution in [2.45, 2.75) is 26.4 Å². The van der Waals surface area contributed by atoms with Crippen LogP contribution >= 0.6 is 0 Å². The number of hydrogen-bond acceptors (Lipinski definition) is 2. The molecular formula is C8H17NO. The Hall–Kier alpha value is -0.660. The van der Waals surface area contributed by atoms with Crippen molar-refractivity contribution in [1.29, 1.82) is 0 Å². The van der Waals surface area contributed by atoms with Crippen molar-refractivity contribution in [3.05, 3.63) is 12.5 Å². The van der Waals surface area contributed by atoms with Crippen molar-refractivity contribution in [1.82, 2.24) is 4.90 Å². The van der Waals surface area contributed by atoms with E-state index in [9.17, 15) is 0 Å². The average Bonchev–Trinajstić information content (AvgIpc) is 1.60. The van der Waals surface area contributed by atoms with Crippen LogP contribution in [0.25, 0.3) is 0 Å². The molecule has 0 fully saturated rings. The average molecular weight is 143 g/mol. The molecule has 0 aromatic heterocycles. The SMILES string of the molecule is C=C(OC(C)(C)C)N(C)C. The molecule has 0 bridgehead atoms. The lowest BCUT2D eigenvalue weighted by atomic mass is 10.2. The third-order valence-corrected chi connectivity index (χ3v) is 0.923. The third-order valence-electron chi connectivity index (χ3n) is 0.923. The van der Waals surface area contributed by atoms with Gasteiger partial charge in [-0.05, 0) is 27.4 Å². The number of nitrogens with zero attached hydrogens (tertiary/aromatic N) is 1. The molecular weight excluding hydrogens is 126 g/mol. The summed E-state index contributed by atoms with van der Waals surface area (Å²) in [4.78, 5) is 1.85. The van der Waals surface area contributed by atoms with Gasteiger partial charge in [0.1, 0.15) is 5.60 Å². The second-order valence-electron chi connectivity index (χ2n) is 3.50. The normalized spacial score (nSPS) is 10.9. The third kappa shape index (κ3) is 4.24. The van der Waals surface area contributed by atoms with Gasteiger partial charge >= 0.3 is 0 Å². The molecule has 0 aliphatic carbocycles. The van der Waals surface area contributed by atoms with Crippen molar-refractivity contribution in [2.24, 2.45) is 0 Å². The van der Waals surface area contributed by atoms with Gasteiger partial charge in [-0.3, -0.25) is 0 Å². The van der Waals surface area contributed by atoms with Crippen LogP contribution in [0.3, 0.4) is 0 Å². The Bertz CT molecular complexity index is 122. The van der Waals surface area contributed by atoms with E-state index in [1.54, 1.807) is 0 Å². The summed E-state index contributed by atoms with van der Waals surface area (Å²) in [7, 11) is 3.82. The lowest BCUT2D eigenvalue weighted by molar-refractivity contribution is 0.0154. The van der Waals surface area contributed by atoms with Crippen LogP contribution in [0.4, 0.5) is 0 Å². The second kappa shape index (κ2) is 2.95. The molecule has 0 amide bonds. The Kier molecular flexibility index (Phi) is 2.76. The largest absolute Gasteiger partial charge is 0.474 e. The number of rotatable bonds is 2. The zero-order valence-electron chi connectivity index (χ0n) is 7.56. The van der Waals surface area contributed by atoms with Crippen molar-refractivity contribution in [3.8, 4) is 0 Å². The highest BCUT2D eigenvalue weighted by atomic mass is 16.5. The predicted molar refractivity (Wildman–Crippen MR) is 43.7 cm³/mol. The van der Waals surface area contributed by atoms with Crippen molar-refractivity contribution >= 4 is 0 Å². The Balaban J connectivity index is 3.81. The lowest BCUT2D eigenvalue weighted by Gasteiger charge is -2.26. The molecule has 0 unspecified atom stereocenters. The summed E-state index contributed by atoms with van der Waals surface area (Å²) in [6.07, 6.45) is 0. The fraction of sp³-hybridized carbons (Fsp3) is 0.750. The smallest absolute Gasteiger partial charge is 0.181 e. The van der Waals surface area contributed by atoms with E-state index in [1.807, 2.05) is 39.8 Å². The molecule has 0 aliphatic heterocycles. The van der Waals surface area contributed by atoms with Crippen molar-refractivity contribution in [2.75, 3.05) is 14.1 Å². The van der Waals surface area contributed by atoms with Gasteiger partial charge in [-0.25, -0.2) is 0 Å². The Morgan fingerprint density at radius 2 is 1.70 bits per heavy atom. The zero-order valence-corrected chi connectivity index (χ0v) is 7.56. The molecule has 0 N–H and O–H groups in total. The summed E-state index contributed by atoms with van der Waals surface area (Å²) < 4.78 is 5.43. The first kappa shape index (κ1) is 9.34. The Morgan fingerprint density at radius 1 is 1.30 bits per heavy atom. The molecule has 2 heteroatoms. The zero-order chi connectivity index (χ0) is 8.36. The van der Waals surface area contributed by atoms with Crippen LogP contribution in [0.5, 0.6) is 0 Å². The van der Waals surface area contributed by atoms with E-state index in [0.717, 1.165) is 0 Å². The Morgan fingerprint density at radius 3 is 1.80 bits per heavy atom. The Labute approximate surface area is 63.5 Å². The highest BCUT2D eigenvalue weighted by Crippen LogP contribution is 2.12. The lowest BCUT2D eigenvalue weighted by Crippen LogP contribution is -2.24. The van der Waals surface area contributed by atoms with Gasteiger partial charge in [-0.15, -0.1) is 0 Å². The summed E-state index contributed by atoms with van der Waals surface area (Å²) in [6, 6.07) is 0. The van der Waals surface area contributed by atoms with Gasteiger partial charge in [0.25, 0.3) is 0 Å². The fourth-order valence-corrected chi connectivity index (χ4v) is 0.445. The first-order valence-electron chi connectivity index (χ1n) is 3.38. The maximum absolute atomic E-state index is 5.43. The molecule has 0 aromatic rings. The molecule has 0 saturated heterocycles. The number of hydrogen-bond donors (Lipinski definition) is 0. The molecule has 0 atom stereocenters. The molecule has 0 spiro atoms. The minimum Gasteiger partial charge on any atom is -0.474 e. The summed E-state index contributed by atoms with van der Waals surface area (Å²) in [5.74, 6) is 0.701. The molecule has 2 nitrogen and oxygen atoms in total. The minimum atomic E-state index is -0.138. The quantitative estimate of drug-likeness (QED) is 0.547. The van der Waals surface area contributed by atoms with Crippen LogP contribution in [0.1, 0.15) is 20.8 Å². The predicted octanol–water partition coefficient (Wildman–Crippen LogP) is 1.83.